The van der Waals surface area contributed by atoms with Gasteiger partial charge < -0.3 is 19.8 Å². The zero-order valence-corrected chi connectivity index (χ0v) is 17.8. The average Bonchev–Trinajstić information content (AvgIpc) is 3.49. The van der Waals surface area contributed by atoms with Crippen molar-refractivity contribution in [3.63, 3.8) is 0 Å². The number of nitrogens with zero attached hydrogens (tertiary/aromatic N) is 4. The molecule has 0 aromatic carbocycles. The second-order valence-corrected chi connectivity index (χ2v) is 8.07. The Morgan fingerprint density at radius 2 is 2.07 bits per heavy atom. The van der Waals surface area contributed by atoms with Crippen molar-refractivity contribution in [3.05, 3.63) is 24.2 Å². The van der Waals surface area contributed by atoms with Crippen LogP contribution in [0.2, 0.25) is 0 Å². The van der Waals surface area contributed by atoms with E-state index in [2.05, 4.69) is 35.7 Å². The van der Waals surface area contributed by atoms with Crippen molar-refractivity contribution < 1.29 is 9.15 Å². The molecule has 9 heteroatoms. The number of aromatic amines is 1. The van der Waals surface area contributed by atoms with Crippen molar-refractivity contribution >= 4 is 5.96 Å². The minimum Gasteiger partial charge on any atom is -0.461 e. The van der Waals surface area contributed by atoms with Crippen LogP contribution in [0.4, 0.5) is 0 Å². The molecule has 2 aromatic heterocycles. The Hall–Kier alpha value is -2.39. The van der Waals surface area contributed by atoms with E-state index in [0.717, 1.165) is 57.6 Å². The zero-order valence-electron chi connectivity index (χ0n) is 17.8. The zero-order chi connectivity index (χ0) is 20.7. The maximum absolute atomic E-state index is 5.58. The summed E-state index contributed by atoms with van der Waals surface area (Å²) in [5, 5.41) is 14.2. The fraction of sp³-hybridized carbons (Fsp3) is 0.667. The van der Waals surface area contributed by atoms with Gasteiger partial charge >= 0.3 is 0 Å². The highest BCUT2D eigenvalue weighted by atomic mass is 16.5. The van der Waals surface area contributed by atoms with Gasteiger partial charge in [0.05, 0.1) is 19.5 Å². The molecule has 0 unspecified atom stereocenters. The van der Waals surface area contributed by atoms with Gasteiger partial charge in [0.1, 0.15) is 5.82 Å². The lowest BCUT2D eigenvalue weighted by Crippen LogP contribution is -2.60. The number of aromatic nitrogens is 3. The maximum atomic E-state index is 5.58. The third kappa shape index (κ3) is 5.02. The van der Waals surface area contributed by atoms with E-state index in [4.69, 9.17) is 9.15 Å². The molecule has 0 atom stereocenters. The molecule has 1 aliphatic carbocycles. The topological polar surface area (TPSA) is 104 Å². The van der Waals surface area contributed by atoms with E-state index >= 15 is 0 Å². The van der Waals surface area contributed by atoms with Crippen molar-refractivity contribution in [2.75, 3.05) is 46.4 Å². The van der Waals surface area contributed by atoms with E-state index in [1.807, 2.05) is 19.2 Å². The summed E-state index contributed by atoms with van der Waals surface area (Å²) in [5.41, 5.74) is 0.211. The Kier molecular flexibility index (Phi) is 7.01. The number of nitrogens with one attached hydrogen (secondary N) is 3. The number of hydrogen-bond donors (Lipinski definition) is 3. The largest absolute Gasteiger partial charge is 0.461 e. The summed E-state index contributed by atoms with van der Waals surface area (Å²) >= 11 is 0. The van der Waals surface area contributed by atoms with Gasteiger partial charge in [-0.2, -0.15) is 5.10 Å². The maximum Gasteiger partial charge on any atom is 0.216 e. The van der Waals surface area contributed by atoms with Crippen molar-refractivity contribution in [2.45, 2.75) is 44.1 Å². The second-order valence-electron chi connectivity index (χ2n) is 8.07. The minimum absolute atomic E-state index is 0.211. The molecule has 1 saturated heterocycles. The van der Waals surface area contributed by atoms with Gasteiger partial charge in [0.2, 0.25) is 5.82 Å². The predicted octanol–water partition coefficient (Wildman–Crippen LogP) is 1.81. The summed E-state index contributed by atoms with van der Waals surface area (Å²) in [6.07, 6.45) is 8.77. The Morgan fingerprint density at radius 1 is 1.23 bits per heavy atom. The minimum atomic E-state index is 0.211. The molecule has 164 valence electrons. The molecule has 0 radical (unpaired) electrons. The molecular weight excluding hydrogens is 382 g/mol. The average molecular weight is 416 g/mol. The van der Waals surface area contributed by atoms with Crippen LogP contribution < -0.4 is 10.6 Å². The molecule has 2 aliphatic rings. The molecule has 2 fully saturated rings. The molecule has 1 aliphatic heterocycles. The van der Waals surface area contributed by atoms with E-state index in [0.29, 0.717) is 11.6 Å². The number of aliphatic imine (C=N–C) groups is 1. The fourth-order valence-electron chi connectivity index (χ4n) is 4.54. The molecule has 3 N–H and O–H groups in total. The van der Waals surface area contributed by atoms with Gasteiger partial charge in [0.15, 0.2) is 11.7 Å². The number of hydrogen-bond acceptors (Lipinski definition) is 6. The highest BCUT2D eigenvalue weighted by Gasteiger charge is 2.38. The lowest BCUT2D eigenvalue weighted by atomic mass is 9.80. The quantitative estimate of drug-likeness (QED) is 0.468. The first-order chi connectivity index (χ1) is 14.8. The third-order valence-corrected chi connectivity index (χ3v) is 6.20. The van der Waals surface area contributed by atoms with Crippen LogP contribution in [0.3, 0.4) is 0 Å². The first-order valence-electron chi connectivity index (χ1n) is 11.0. The first kappa shape index (κ1) is 20.9. The number of H-pyrrole nitrogens is 1. The number of rotatable bonds is 7. The van der Waals surface area contributed by atoms with Crippen LogP contribution in [-0.4, -0.2) is 78.0 Å². The van der Waals surface area contributed by atoms with Crippen molar-refractivity contribution in [1.82, 2.24) is 30.7 Å². The highest BCUT2D eigenvalue weighted by Crippen LogP contribution is 2.33. The molecule has 2 aromatic rings. The van der Waals surface area contributed by atoms with Crippen LogP contribution in [0.1, 0.15) is 37.9 Å². The van der Waals surface area contributed by atoms with Crippen molar-refractivity contribution in [1.29, 1.82) is 0 Å². The van der Waals surface area contributed by atoms with Gasteiger partial charge in [-0.3, -0.25) is 15.0 Å². The van der Waals surface area contributed by atoms with Gasteiger partial charge in [-0.15, -0.1) is 0 Å². The van der Waals surface area contributed by atoms with Crippen LogP contribution >= 0.6 is 0 Å². The lowest BCUT2D eigenvalue weighted by Gasteiger charge is -2.48. The molecule has 0 amide bonds. The monoisotopic (exact) mass is 415 g/mol. The van der Waals surface area contributed by atoms with Crippen LogP contribution in [0.15, 0.2) is 27.8 Å². The highest BCUT2D eigenvalue weighted by molar-refractivity contribution is 5.79. The van der Waals surface area contributed by atoms with Gasteiger partial charge in [-0.05, 0) is 25.0 Å². The second kappa shape index (κ2) is 10.1. The Labute approximate surface area is 177 Å². The summed E-state index contributed by atoms with van der Waals surface area (Å²) < 4.78 is 10.9. The van der Waals surface area contributed by atoms with E-state index in [9.17, 15) is 0 Å². The Bertz CT molecular complexity index is 790. The van der Waals surface area contributed by atoms with Crippen LogP contribution in [-0.2, 0) is 11.2 Å². The Morgan fingerprint density at radius 3 is 2.80 bits per heavy atom. The third-order valence-electron chi connectivity index (χ3n) is 6.20. The van der Waals surface area contributed by atoms with Gasteiger partial charge in [0.25, 0.3) is 0 Å². The predicted molar refractivity (Wildman–Crippen MR) is 115 cm³/mol. The number of morpholine rings is 1. The summed E-state index contributed by atoms with van der Waals surface area (Å²) in [6.45, 7) is 5.36. The standard InChI is InChI=1S/C21H33N7O2/c1-22-20(23-10-7-18-25-19(27-26-18)17-6-5-13-30-17)24-16-21(8-3-2-4-9-21)28-11-14-29-15-12-28/h5-6,13H,2-4,7-12,14-16H2,1H3,(H2,22,23,24)(H,25,26,27). The molecule has 4 rings (SSSR count). The van der Waals surface area contributed by atoms with Crippen LogP contribution in [0.5, 0.6) is 0 Å². The van der Waals surface area contributed by atoms with Crippen molar-refractivity contribution in [3.8, 4) is 11.6 Å². The SMILES string of the molecule is CN=C(NCCc1nc(-c2ccco2)n[nH]1)NCC1(N2CCOCC2)CCCCC1. The fourth-order valence-corrected chi connectivity index (χ4v) is 4.54. The molecule has 0 spiro atoms. The number of furan rings is 1. The summed E-state index contributed by atoms with van der Waals surface area (Å²) in [7, 11) is 1.82. The molecular formula is C21H33N7O2. The van der Waals surface area contributed by atoms with Gasteiger partial charge in [-0.1, -0.05) is 19.3 Å². The molecule has 9 nitrogen and oxygen atoms in total. The molecule has 1 saturated carbocycles. The molecule has 30 heavy (non-hydrogen) atoms. The lowest BCUT2D eigenvalue weighted by molar-refractivity contribution is -0.0352. The molecule has 3 heterocycles. The smallest absolute Gasteiger partial charge is 0.216 e. The van der Waals surface area contributed by atoms with E-state index in [-0.39, 0.29) is 5.54 Å². The van der Waals surface area contributed by atoms with Crippen molar-refractivity contribution in [2.24, 2.45) is 4.99 Å². The normalized spacial score (nSPS) is 20.2. The number of ether oxygens (including phenoxy) is 1. The molecule has 0 bridgehead atoms. The van der Waals surface area contributed by atoms with E-state index in [1.165, 1.54) is 32.1 Å². The van der Waals surface area contributed by atoms with Crippen LogP contribution in [0, 0.1) is 0 Å². The van der Waals surface area contributed by atoms with Gasteiger partial charge in [0, 0.05) is 45.2 Å². The summed E-state index contributed by atoms with van der Waals surface area (Å²) in [6, 6.07) is 3.69. The van der Waals surface area contributed by atoms with E-state index < -0.39 is 0 Å². The van der Waals surface area contributed by atoms with Crippen LogP contribution in [0.25, 0.3) is 11.6 Å². The Balaban J connectivity index is 1.27. The summed E-state index contributed by atoms with van der Waals surface area (Å²) in [5.74, 6) is 2.91. The first-order valence-corrected chi connectivity index (χ1v) is 11.0. The van der Waals surface area contributed by atoms with Gasteiger partial charge in [-0.25, -0.2) is 4.98 Å². The number of guanidine groups is 1. The summed E-state index contributed by atoms with van der Waals surface area (Å²) in [4.78, 5) is 11.5. The van der Waals surface area contributed by atoms with E-state index in [1.54, 1.807) is 6.26 Å².